The molecule has 3 rings (SSSR count). The molecule has 0 bridgehead atoms. The summed E-state index contributed by atoms with van der Waals surface area (Å²) in [5.74, 6) is -2.06. The van der Waals surface area contributed by atoms with Gasteiger partial charge in [0.15, 0.2) is 11.6 Å². The summed E-state index contributed by atoms with van der Waals surface area (Å²) in [6.45, 7) is 0. The molecule has 2 N–H and O–H groups in total. The number of hydrogen-bond donors (Lipinski definition) is 2. The summed E-state index contributed by atoms with van der Waals surface area (Å²) < 4.78 is 15.4. The predicted octanol–water partition coefficient (Wildman–Crippen LogP) is 2.04. The van der Waals surface area contributed by atoms with Crippen LogP contribution in [0.5, 0.6) is 5.75 Å². The first-order valence-corrected chi connectivity index (χ1v) is 7.46. The zero-order valence-electron chi connectivity index (χ0n) is 12.7. The molecule has 0 saturated heterocycles. The number of halogens is 1. The van der Waals surface area contributed by atoms with E-state index >= 15 is 0 Å². The van der Waals surface area contributed by atoms with E-state index in [-0.39, 0.29) is 17.2 Å². The molecule has 2 aromatic rings. The first-order chi connectivity index (χ1) is 11.0. The Hall–Kier alpha value is -2.63. The maximum atomic E-state index is 13.9. The number of hydrogen-bond acceptors (Lipinski definition) is 3. The minimum Gasteiger partial charge on any atom is -0.505 e. The van der Waals surface area contributed by atoms with E-state index in [1.807, 2.05) is 0 Å². The maximum Gasteiger partial charge on any atom is 0.254 e. The van der Waals surface area contributed by atoms with E-state index in [2.05, 4.69) is 5.32 Å². The molecule has 1 aromatic heterocycles. The first kappa shape index (κ1) is 15.3. The van der Waals surface area contributed by atoms with Crippen molar-refractivity contribution < 1.29 is 14.3 Å². The molecular formula is C17H17FN2O3. The average Bonchev–Trinajstić information content (AvgIpc) is 2.54. The van der Waals surface area contributed by atoms with Gasteiger partial charge in [0.05, 0.1) is 11.6 Å². The highest BCUT2D eigenvalue weighted by molar-refractivity contribution is 5.95. The Morgan fingerprint density at radius 1 is 1.35 bits per heavy atom. The van der Waals surface area contributed by atoms with Gasteiger partial charge in [0, 0.05) is 18.8 Å². The number of nitrogens with one attached hydrogen (secondary N) is 1. The minimum atomic E-state index is -0.929. The summed E-state index contributed by atoms with van der Waals surface area (Å²) in [6, 6.07) is 6.86. The highest BCUT2D eigenvalue weighted by Gasteiger charge is 2.25. The summed E-state index contributed by atoms with van der Waals surface area (Å²) >= 11 is 0. The number of phenolic OH excluding ortho intramolecular Hbond substituents is 1. The van der Waals surface area contributed by atoms with Gasteiger partial charge in [-0.3, -0.25) is 9.59 Å². The number of pyridine rings is 1. The Morgan fingerprint density at radius 2 is 2.13 bits per heavy atom. The maximum absolute atomic E-state index is 13.9. The van der Waals surface area contributed by atoms with Crippen LogP contribution in [0.3, 0.4) is 0 Å². The number of aromatic nitrogens is 1. The largest absolute Gasteiger partial charge is 0.505 e. The van der Waals surface area contributed by atoms with Gasteiger partial charge in [-0.15, -0.1) is 0 Å². The fourth-order valence-electron chi connectivity index (χ4n) is 3.04. The van der Waals surface area contributed by atoms with Crippen LogP contribution in [0, 0.1) is 5.82 Å². The lowest BCUT2D eigenvalue weighted by Crippen LogP contribution is -2.34. The Labute approximate surface area is 132 Å². The van der Waals surface area contributed by atoms with Crippen LogP contribution in [0.4, 0.5) is 4.39 Å². The number of nitrogens with zero attached hydrogens (tertiary/aromatic N) is 1. The molecule has 0 radical (unpaired) electrons. The molecule has 1 aliphatic carbocycles. The molecule has 1 aliphatic rings. The molecule has 5 nitrogen and oxygen atoms in total. The van der Waals surface area contributed by atoms with Crippen molar-refractivity contribution in [1.29, 1.82) is 0 Å². The third-order valence-corrected chi connectivity index (χ3v) is 4.28. The van der Waals surface area contributed by atoms with Crippen molar-refractivity contribution in [3.8, 4) is 5.75 Å². The van der Waals surface area contributed by atoms with Crippen molar-refractivity contribution in [3.05, 3.63) is 63.3 Å². The number of amides is 1. The number of fused-ring (bicyclic) bond motifs is 1. The van der Waals surface area contributed by atoms with Crippen LogP contribution in [0.25, 0.3) is 0 Å². The van der Waals surface area contributed by atoms with Crippen LogP contribution in [0.15, 0.2) is 35.1 Å². The van der Waals surface area contributed by atoms with Crippen molar-refractivity contribution >= 4 is 5.91 Å². The molecule has 120 valence electrons. The van der Waals surface area contributed by atoms with E-state index in [4.69, 9.17) is 0 Å². The van der Waals surface area contributed by atoms with Gasteiger partial charge in [-0.1, -0.05) is 6.07 Å². The van der Waals surface area contributed by atoms with Gasteiger partial charge in [-0.05, 0) is 43.0 Å². The topological polar surface area (TPSA) is 71.3 Å². The Morgan fingerprint density at radius 3 is 2.91 bits per heavy atom. The third kappa shape index (κ3) is 2.72. The molecule has 1 atom stereocenters. The van der Waals surface area contributed by atoms with Gasteiger partial charge in [-0.2, -0.15) is 0 Å². The molecular weight excluding hydrogens is 299 g/mol. The van der Waals surface area contributed by atoms with E-state index in [0.717, 1.165) is 30.5 Å². The summed E-state index contributed by atoms with van der Waals surface area (Å²) in [7, 11) is 1.71. The van der Waals surface area contributed by atoms with Gasteiger partial charge < -0.3 is 15.0 Å². The van der Waals surface area contributed by atoms with Gasteiger partial charge in [-0.25, -0.2) is 4.39 Å². The van der Waals surface area contributed by atoms with E-state index in [1.165, 1.54) is 24.3 Å². The lowest BCUT2D eigenvalue weighted by atomic mass is 9.90. The van der Waals surface area contributed by atoms with Crippen LogP contribution in [-0.4, -0.2) is 15.6 Å². The number of rotatable bonds is 2. The number of carbonyl (C=O) groups is 1. The Balaban J connectivity index is 1.91. The summed E-state index contributed by atoms with van der Waals surface area (Å²) in [6.07, 6.45) is 2.32. The monoisotopic (exact) mass is 316 g/mol. The molecule has 0 fully saturated rings. The lowest BCUT2D eigenvalue weighted by Gasteiger charge is -2.27. The van der Waals surface area contributed by atoms with Crippen LogP contribution in [0.2, 0.25) is 0 Å². The van der Waals surface area contributed by atoms with Crippen LogP contribution in [0.1, 0.15) is 40.5 Å². The normalized spacial score (nSPS) is 16.7. The molecule has 1 amide bonds. The first-order valence-electron chi connectivity index (χ1n) is 7.46. The summed E-state index contributed by atoms with van der Waals surface area (Å²) in [5, 5.41) is 12.2. The van der Waals surface area contributed by atoms with E-state index in [9.17, 15) is 19.1 Å². The predicted molar refractivity (Wildman–Crippen MR) is 82.9 cm³/mol. The minimum absolute atomic E-state index is 0.0882. The second-order valence-corrected chi connectivity index (χ2v) is 5.69. The van der Waals surface area contributed by atoms with Gasteiger partial charge >= 0.3 is 0 Å². The van der Waals surface area contributed by atoms with Crippen molar-refractivity contribution in [2.75, 3.05) is 0 Å². The molecule has 23 heavy (non-hydrogen) atoms. The molecule has 0 saturated carbocycles. The standard InChI is InChI=1S/C17H17FN2O3/c1-20-13-6-3-5-12(10(13)8-9-15(20)22)19-17(23)11-4-2-7-14(21)16(11)18/h2,4,7-9,12,21H,3,5-6H2,1H3,(H,19,23). The number of aromatic hydroxyl groups is 1. The SMILES string of the molecule is Cn1c2c(ccc1=O)C(NC(=O)c1cccc(O)c1F)CCC2. The van der Waals surface area contributed by atoms with Crippen molar-refractivity contribution in [3.63, 3.8) is 0 Å². The van der Waals surface area contributed by atoms with Crippen molar-refractivity contribution in [2.24, 2.45) is 7.05 Å². The molecule has 1 unspecified atom stereocenters. The van der Waals surface area contributed by atoms with Gasteiger partial charge in [0.25, 0.3) is 5.91 Å². The molecule has 1 heterocycles. The second kappa shape index (κ2) is 5.87. The number of benzene rings is 1. The summed E-state index contributed by atoms with van der Waals surface area (Å²) in [4.78, 5) is 24.0. The van der Waals surface area contributed by atoms with Crippen LogP contribution < -0.4 is 10.9 Å². The fourth-order valence-corrected chi connectivity index (χ4v) is 3.04. The zero-order valence-corrected chi connectivity index (χ0v) is 12.7. The Bertz CT molecular complexity index is 829. The summed E-state index contributed by atoms with van der Waals surface area (Å²) in [5.41, 5.74) is 1.49. The average molecular weight is 316 g/mol. The molecule has 0 spiro atoms. The van der Waals surface area contributed by atoms with Gasteiger partial charge in [0.1, 0.15) is 0 Å². The second-order valence-electron chi connectivity index (χ2n) is 5.69. The smallest absolute Gasteiger partial charge is 0.254 e. The highest BCUT2D eigenvalue weighted by Crippen LogP contribution is 2.29. The third-order valence-electron chi connectivity index (χ3n) is 4.28. The number of carbonyl (C=O) groups excluding carboxylic acids is 1. The number of phenols is 1. The van der Waals surface area contributed by atoms with E-state index in [1.54, 1.807) is 17.7 Å². The Kier molecular flexibility index (Phi) is 3.90. The van der Waals surface area contributed by atoms with Crippen LogP contribution in [-0.2, 0) is 13.5 Å². The lowest BCUT2D eigenvalue weighted by molar-refractivity contribution is 0.0927. The molecule has 1 aromatic carbocycles. The molecule has 6 heteroatoms. The van der Waals surface area contributed by atoms with Crippen molar-refractivity contribution in [1.82, 2.24) is 9.88 Å². The van der Waals surface area contributed by atoms with Crippen LogP contribution >= 0.6 is 0 Å². The highest BCUT2D eigenvalue weighted by atomic mass is 19.1. The van der Waals surface area contributed by atoms with Gasteiger partial charge in [0.2, 0.25) is 5.56 Å². The van der Waals surface area contributed by atoms with Crippen molar-refractivity contribution in [2.45, 2.75) is 25.3 Å². The van der Waals surface area contributed by atoms with E-state index in [0.29, 0.717) is 0 Å². The quantitative estimate of drug-likeness (QED) is 0.890. The molecule has 0 aliphatic heterocycles. The fraction of sp³-hybridized carbons (Fsp3) is 0.294. The van der Waals surface area contributed by atoms with E-state index < -0.39 is 17.5 Å². The zero-order chi connectivity index (χ0) is 16.6.